The Morgan fingerprint density at radius 3 is 2.83 bits per heavy atom. The molecule has 0 aliphatic heterocycles. The maximum atomic E-state index is 11.6. The number of hydrogen-bond acceptors (Lipinski definition) is 2. The molecule has 0 atom stereocenters. The molecule has 0 radical (unpaired) electrons. The third-order valence-electron chi connectivity index (χ3n) is 2.70. The lowest BCUT2D eigenvalue weighted by molar-refractivity contribution is -0.121. The molecular weight excluding hydrogens is 226 g/mol. The van der Waals surface area contributed by atoms with Crippen LogP contribution in [-0.2, 0) is 17.9 Å². The fourth-order valence-electron chi connectivity index (χ4n) is 1.73. The molecule has 94 valence electrons. The van der Waals surface area contributed by atoms with Gasteiger partial charge in [-0.05, 0) is 30.2 Å². The molecule has 2 rings (SSSR count). The number of carbonyl (C=O) groups is 1. The lowest BCUT2D eigenvalue weighted by Gasteiger charge is -2.05. The van der Waals surface area contributed by atoms with E-state index in [1.54, 1.807) is 12.4 Å². The third kappa shape index (κ3) is 4.05. The standard InChI is InChI=1S/C14H17N3O/c18-14(6-4-10-17-8-1-2-9-17)16-12-13-5-3-7-15-11-13/h1-3,5,7-9,11H,4,6,10,12H2,(H,16,18). The van der Waals surface area contributed by atoms with Crippen LogP contribution in [0.2, 0.25) is 0 Å². The summed E-state index contributed by atoms with van der Waals surface area (Å²) < 4.78 is 2.08. The Hall–Kier alpha value is -2.10. The molecule has 0 saturated heterocycles. The van der Waals surface area contributed by atoms with Gasteiger partial charge in [-0.2, -0.15) is 0 Å². The minimum absolute atomic E-state index is 0.0889. The van der Waals surface area contributed by atoms with Crippen molar-refractivity contribution < 1.29 is 4.79 Å². The maximum absolute atomic E-state index is 11.6. The van der Waals surface area contributed by atoms with Crippen molar-refractivity contribution in [1.82, 2.24) is 14.9 Å². The van der Waals surface area contributed by atoms with Crippen molar-refractivity contribution in [3.63, 3.8) is 0 Å². The molecule has 2 aromatic heterocycles. The van der Waals surface area contributed by atoms with Crippen LogP contribution in [0.3, 0.4) is 0 Å². The predicted octanol–water partition coefficient (Wildman–Crippen LogP) is 1.98. The Balaban J connectivity index is 1.63. The average Bonchev–Trinajstić information content (AvgIpc) is 2.91. The first-order valence-electron chi connectivity index (χ1n) is 6.11. The number of nitrogens with one attached hydrogen (secondary N) is 1. The van der Waals surface area contributed by atoms with Crippen molar-refractivity contribution >= 4 is 5.91 Å². The second-order valence-electron chi connectivity index (χ2n) is 4.16. The SMILES string of the molecule is O=C(CCCn1cccc1)NCc1cccnc1. The molecule has 0 bridgehead atoms. The molecule has 0 aliphatic carbocycles. The topological polar surface area (TPSA) is 46.9 Å². The average molecular weight is 243 g/mol. The molecule has 0 aromatic carbocycles. The van der Waals surface area contributed by atoms with Gasteiger partial charge in [0.1, 0.15) is 0 Å². The molecule has 0 unspecified atom stereocenters. The molecule has 2 aromatic rings. The minimum Gasteiger partial charge on any atom is -0.354 e. The first kappa shape index (κ1) is 12.4. The largest absolute Gasteiger partial charge is 0.354 e. The monoisotopic (exact) mass is 243 g/mol. The Morgan fingerprint density at radius 2 is 2.11 bits per heavy atom. The summed E-state index contributed by atoms with van der Waals surface area (Å²) in [4.78, 5) is 15.6. The summed E-state index contributed by atoms with van der Waals surface area (Å²) in [6.45, 7) is 1.43. The minimum atomic E-state index is 0.0889. The number of rotatable bonds is 6. The van der Waals surface area contributed by atoms with Crippen LogP contribution >= 0.6 is 0 Å². The van der Waals surface area contributed by atoms with Gasteiger partial charge >= 0.3 is 0 Å². The molecule has 18 heavy (non-hydrogen) atoms. The summed E-state index contributed by atoms with van der Waals surface area (Å²) in [5.41, 5.74) is 1.02. The van der Waals surface area contributed by atoms with Gasteiger partial charge in [-0.15, -0.1) is 0 Å². The zero-order valence-electron chi connectivity index (χ0n) is 10.2. The highest BCUT2D eigenvalue weighted by molar-refractivity contribution is 5.75. The van der Waals surface area contributed by atoms with Gasteiger partial charge in [0.2, 0.25) is 5.91 Å². The van der Waals surface area contributed by atoms with Crippen LogP contribution in [0, 0.1) is 0 Å². The van der Waals surface area contributed by atoms with Crippen LogP contribution in [0.25, 0.3) is 0 Å². The van der Waals surface area contributed by atoms with E-state index in [1.807, 2.05) is 36.7 Å². The first-order valence-corrected chi connectivity index (χ1v) is 6.11. The Kier molecular flexibility index (Phi) is 4.53. The summed E-state index contributed by atoms with van der Waals surface area (Å²) in [7, 11) is 0. The molecule has 4 nitrogen and oxygen atoms in total. The molecule has 4 heteroatoms. The lowest BCUT2D eigenvalue weighted by Crippen LogP contribution is -2.22. The number of nitrogens with zero attached hydrogens (tertiary/aromatic N) is 2. The van der Waals surface area contributed by atoms with Crippen molar-refractivity contribution in [2.24, 2.45) is 0 Å². The molecule has 0 saturated carbocycles. The summed E-state index contributed by atoms with van der Waals surface area (Å²) in [6.07, 6.45) is 8.91. The maximum Gasteiger partial charge on any atom is 0.220 e. The molecular formula is C14H17N3O. The smallest absolute Gasteiger partial charge is 0.220 e. The van der Waals surface area contributed by atoms with Gasteiger partial charge in [0.25, 0.3) is 0 Å². The Bertz CT molecular complexity index is 465. The normalized spacial score (nSPS) is 10.2. The first-order chi connectivity index (χ1) is 8.84. The summed E-state index contributed by atoms with van der Waals surface area (Å²) >= 11 is 0. The van der Waals surface area contributed by atoms with Gasteiger partial charge in [-0.1, -0.05) is 6.07 Å². The van der Waals surface area contributed by atoms with Crippen molar-refractivity contribution in [2.45, 2.75) is 25.9 Å². The lowest BCUT2D eigenvalue weighted by atomic mass is 10.2. The Labute approximate surface area is 107 Å². The fraction of sp³-hybridized carbons (Fsp3) is 0.286. The number of hydrogen-bond donors (Lipinski definition) is 1. The van der Waals surface area contributed by atoms with Crippen molar-refractivity contribution in [3.05, 3.63) is 54.6 Å². The number of amides is 1. The number of aryl methyl sites for hydroxylation is 1. The van der Waals surface area contributed by atoms with Crippen LogP contribution < -0.4 is 5.32 Å². The van der Waals surface area contributed by atoms with E-state index in [-0.39, 0.29) is 5.91 Å². The number of pyridine rings is 1. The summed E-state index contributed by atoms with van der Waals surface area (Å²) in [6, 6.07) is 7.80. The van der Waals surface area contributed by atoms with Crippen LogP contribution in [0.5, 0.6) is 0 Å². The molecule has 0 spiro atoms. The van der Waals surface area contributed by atoms with Gasteiger partial charge in [0, 0.05) is 44.3 Å². The highest BCUT2D eigenvalue weighted by Crippen LogP contribution is 1.98. The third-order valence-corrected chi connectivity index (χ3v) is 2.70. The van der Waals surface area contributed by atoms with Crippen LogP contribution in [0.4, 0.5) is 0 Å². The number of carbonyl (C=O) groups excluding carboxylic acids is 1. The van der Waals surface area contributed by atoms with Crippen molar-refractivity contribution in [3.8, 4) is 0 Å². The van der Waals surface area contributed by atoms with Crippen molar-refractivity contribution in [2.75, 3.05) is 0 Å². The summed E-state index contributed by atoms with van der Waals surface area (Å²) in [5.74, 6) is 0.0889. The second-order valence-corrected chi connectivity index (χ2v) is 4.16. The molecule has 0 fully saturated rings. The van der Waals surface area contributed by atoms with Crippen LogP contribution in [0.1, 0.15) is 18.4 Å². The van der Waals surface area contributed by atoms with Gasteiger partial charge in [-0.25, -0.2) is 0 Å². The van der Waals surface area contributed by atoms with Crippen LogP contribution in [-0.4, -0.2) is 15.5 Å². The van der Waals surface area contributed by atoms with E-state index < -0.39 is 0 Å². The Morgan fingerprint density at radius 1 is 1.28 bits per heavy atom. The predicted molar refractivity (Wildman–Crippen MR) is 69.7 cm³/mol. The van der Waals surface area contributed by atoms with E-state index in [2.05, 4.69) is 14.9 Å². The zero-order valence-corrected chi connectivity index (χ0v) is 10.2. The van der Waals surface area contributed by atoms with Gasteiger partial charge in [0.05, 0.1) is 0 Å². The van der Waals surface area contributed by atoms with E-state index in [0.717, 1.165) is 18.5 Å². The van der Waals surface area contributed by atoms with E-state index in [4.69, 9.17) is 0 Å². The van der Waals surface area contributed by atoms with Crippen LogP contribution in [0.15, 0.2) is 49.1 Å². The molecule has 2 heterocycles. The highest BCUT2D eigenvalue weighted by Gasteiger charge is 2.01. The van der Waals surface area contributed by atoms with E-state index >= 15 is 0 Å². The van der Waals surface area contributed by atoms with Gasteiger partial charge in [0.15, 0.2) is 0 Å². The van der Waals surface area contributed by atoms with E-state index in [9.17, 15) is 4.79 Å². The molecule has 1 N–H and O–H groups in total. The summed E-state index contributed by atoms with van der Waals surface area (Å²) in [5, 5.41) is 2.89. The molecule has 0 aliphatic rings. The quantitative estimate of drug-likeness (QED) is 0.843. The van der Waals surface area contributed by atoms with Crippen molar-refractivity contribution in [1.29, 1.82) is 0 Å². The second kappa shape index (κ2) is 6.59. The highest BCUT2D eigenvalue weighted by atomic mass is 16.1. The zero-order chi connectivity index (χ0) is 12.6. The van der Waals surface area contributed by atoms with E-state index in [0.29, 0.717) is 13.0 Å². The fourth-order valence-corrected chi connectivity index (χ4v) is 1.73. The van der Waals surface area contributed by atoms with E-state index in [1.165, 1.54) is 0 Å². The van der Waals surface area contributed by atoms with Gasteiger partial charge in [-0.3, -0.25) is 9.78 Å². The van der Waals surface area contributed by atoms with Gasteiger partial charge < -0.3 is 9.88 Å². The number of aromatic nitrogens is 2. The molecule has 1 amide bonds.